The Morgan fingerprint density at radius 2 is 1.23 bits per heavy atom. The Balaban J connectivity index is 1.53. The lowest BCUT2D eigenvalue weighted by molar-refractivity contribution is -0.523. The third kappa shape index (κ3) is 7.08. The van der Waals surface area contributed by atoms with Crippen LogP contribution in [0.4, 0.5) is 0 Å². The van der Waals surface area contributed by atoms with E-state index in [0.717, 1.165) is 28.4 Å². The molecule has 0 aliphatic carbocycles. The fourth-order valence-electron chi connectivity index (χ4n) is 5.48. The van der Waals surface area contributed by atoms with E-state index in [2.05, 4.69) is 59.5 Å². The van der Waals surface area contributed by atoms with Crippen LogP contribution in [0.2, 0.25) is 0 Å². The predicted octanol–water partition coefficient (Wildman–Crippen LogP) is 6.58. The standard InChI is InChI=1S/C36H44N3O4S/c1-26-10-19-32(20-11-26)44(40,41)33-21-17-31(18-22-33)43-30-15-12-28(13-16-30)36(2,3)29-14-23-34(42-9)27(24-29)25-39(8)35(37(4)5)38(6)7/h10-24H,25H2,1-9H3/q+1. The summed E-state index contributed by atoms with van der Waals surface area (Å²) in [5.41, 5.74) is 4.16. The molecule has 0 N–H and O–H groups in total. The molecule has 4 aromatic carbocycles. The molecular formula is C36H44N3O4S+. The van der Waals surface area contributed by atoms with Gasteiger partial charge in [0.05, 0.1) is 58.7 Å². The van der Waals surface area contributed by atoms with Crippen molar-refractivity contribution in [2.45, 2.75) is 42.5 Å². The normalized spacial score (nSPS) is 11.6. The van der Waals surface area contributed by atoms with E-state index in [9.17, 15) is 8.42 Å². The van der Waals surface area contributed by atoms with E-state index in [1.165, 1.54) is 5.56 Å². The molecule has 7 nitrogen and oxygen atoms in total. The summed E-state index contributed by atoms with van der Waals surface area (Å²) in [6.45, 7) is 7.04. The second-order valence-corrected chi connectivity index (χ2v) is 14.0. The van der Waals surface area contributed by atoms with Gasteiger partial charge in [0.15, 0.2) is 0 Å². The Morgan fingerprint density at radius 1 is 0.750 bits per heavy atom. The molecule has 4 aromatic rings. The van der Waals surface area contributed by atoms with Gasteiger partial charge in [-0.2, -0.15) is 0 Å². The molecule has 0 saturated carbocycles. The van der Waals surface area contributed by atoms with E-state index in [1.807, 2.05) is 53.3 Å². The fraction of sp³-hybridized carbons (Fsp3) is 0.306. The topological polar surface area (TPSA) is 62.1 Å². The van der Waals surface area contributed by atoms with Crippen LogP contribution in [0.3, 0.4) is 0 Å². The Labute approximate surface area is 262 Å². The lowest BCUT2D eigenvalue weighted by atomic mass is 9.77. The van der Waals surface area contributed by atoms with Gasteiger partial charge in [-0.3, -0.25) is 14.4 Å². The van der Waals surface area contributed by atoms with Crippen molar-refractivity contribution in [3.8, 4) is 17.2 Å². The maximum Gasteiger partial charge on any atom is 0.349 e. The second-order valence-electron chi connectivity index (χ2n) is 12.0. The van der Waals surface area contributed by atoms with Crippen molar-refractivity contribution in [3.05, 3.63) is 113 Å². The average Bonchev–Trinajstić information content (AvgIpc) is 2.97. The number of hydrogen-bond acceptors (Lipinski definition) is 4. The number of guanidine groups is 1. The largest absolute Gasteiger partial charge is 0.496 e. The van der Waals surface area contributed by atoms with Crippen LogP contribution in [0.1, 0.15) is 36.1 Å². The van der Waals surface area contributed by atoms with Gasteiger partial charge in [-0.05, 0) is 78.7 Å². The Kier molecular flexibility index (Phi) is 9.74. The number of aryl methyl sites for hydroxylation is 1. The zero-order chi connectivity index (χ0) is 32.2. The molecule has 0 aliphatic rings. The first-order chi connectivity index (χ1) is 20.7. The Bertz CT molecular complexity index is 1710. The van der Waals surface area contributed by atoms with Gasteiger partial charge in [0.1, 0.15) is 17.2 Å². The number of ether oxygens (including phenoxy) is 2. The third-order valence-corrected chi connectivity index (χ3v) is 9.61. The summed E-state index contributed by atoms with van der Waals surface area (Å²) in [6, 6.07) is 27.8. The third-order valence-electron chi connectivity index (χ3n) is 7.83. The lowest BCUT2D eigenvalue weighted by Crippen LogP contribution is -2.42. The van der Waals surface area contributed by atoms with Crippen molar-refractivity contribution in [3.63, 3.8) is 0 Å². The van der Waals surface area contributed by atoms with Crippen molar-refractivity contribution < 1.29 is 22.5 Å². The summed E-state index contributed by atoms with van der Waals surface area (Å²) >= 11 is 0. The first-order valence-electron chi connectivity index (χ1n) is 14.5. The maximum absolute atomic E-state index is 13.0. The fourth-order valence-corrected chi connectivity index (χ4v) is 6.74. The van der Waals surface area contributed by atoms with E-state index < -0.39 is 9.84 Å². The first kappa shape index (κ1) is 32.6. The highest BCUT2D eigenvalue weighted by Crippen LogP contribution is 2.36. The lowest BCUT2D eigenvalue weighted by Gasteiger charge is -2.27. The van der Waals surface area contributed by atoms with Gasteiger partial charge in [-0.1, -0.05) is 49.7 Å². The molecule has 0 aliphatic heterocycles. The van der Waals surface area contributed by atoms with Crippen molar-refractivity contribution in [2.24, 2.45) is 0 Å². The Hall–Kier alpha value is -4.30. The summed E-state index contributed by atoms with van der Waals surface area (Å²) < 4.78 is 40.0. The summed E-state index contributed by atoms with van der Waals surface area (Å²) in [4.78, 5) is 4.71. The highest BCUT2D eigenvalue weighted by Gasteiger charge is 2.25. The van der Waals surface area contributed by atoms with E-state index in [0.29, 0.717) is 18.0 Å². The van der Waals surface area contributed by atoms with Gasteiger partial charge in [-0.15, -0.1) is 0 Å². The molecule has 4 rings (SSSR count). The molecular weight excluding hydrogens is 570 g/mol. The molecule has 0 amide bonds. The SMILES string of the molecule is COc1ccc(C(C)(C)c2ccc(Oc3ccc(S(=O)(=O)c4ccc(C)cc4)cc3)cc2)cc1C[N+](C)=C(N(C)C)N(C)C. The number of sulfone groups is 1. The molecule has 0 saturated heterocycles. The van der Waals surface area contributed by atoms with Gasteiger partial charge >= 0.3 is 5.96 Å². The Morgan fingerprint density at radius 3 is 1.73 bits per heavy atom. The van der Waals surface area contributed by atoms with Gasteiger partial charge < -0.3 is 9.47 Å². The number of nitrogens with zero attached hydrogens (tertiary/aromatic N) is 3. The zero-order valence-electron chi connectivity index (χ0n) is 27.3. The quantitative estimate of drug-likeness (QED) is 0.121. The minimum absolute atomic E-state index is 0.230. The van der Waals surface area contributed by atoms with Gasteiger partial charge in [-0.25, -0.2) is 8.42 Å². The molecule has 8 heteroatoms. The maximum atomic E-state index is 13.0. The molecule has 0 aromatic heterocycles. The molecule has 232 valence electrons. The second kappa shape index (κ2) is 13.1. The molecule has 44 heavy (non-hydrogen) atoms. The van der Waals surface area contributed by atoms with Crippen LogP contribution in [0.25, 0.3) is 0 Å². The van der Waals surface area contributed by atoms with E-state index in [4.69, 9.17) is 9.47 Å². The number of hydrogen-bond donors (Lipinski definition) is 0. The van der Waals surface area contributed by atoms with Crippen LogP contribution in [0, 0.1) is 6.92 Å². The summed E-state index contributed by atoms with van der Waals surface area (Å²) in [7, 11) is 8.38. The van der Waals surface area contributed by atoms with Crippen molar-refractivity contribution in [2.75, 3.05) is 42.3 Å². The molecule has 0 bridgehead atoms. The van der Waals surface area contributed by atoms with E-state index in [1.54, 1.807) is 55.6 Å². The molecule has 0 atom stereocenters. The predicted molar refractivity (Wildman–Crippen MR) is 177 cm³/mol. The summed E-state index contributed by atoms with van der Waals surface area (Å²) in [5, 5.41) is 0. The van der Waals surface area contributed by atoms with Crippen LogP contribution in [-0.2, 0) is 21.8 Å². The smallest absolute Gasteiger partial charge is 0.349 e. The van der Waals surface area contributed by atoms with Crippen LogP contribution in [0.5, 0.6) is 17.2 Å². The highest BCUT2D eigenvalue weighted by molar-refractivity contribution is 7.91. The summed E-state index contributed by atoms with van der Waals surface area (Å²) in [6.07, 6.45) is 0. The van der Waals surface area contributed by atoms with Crippen molar-refractivity contribution in [1.82, 2.24) is 9.80 Å². The first-order valence-corrected chi connectivity index (χ1v) is 16.0. The molecule has 0 radical (unpaired) electrons. The van der Waals surface area contributed by atoms with Gasteiger partial charge in [0.25, 0.3) is 0 Å². The number of methoxy groups -OCH3 is 1. The molecule has 0 spiro atoms. The van der Waals surface area contributed by atoms with Crippen LogP contribution >= 0.6 is 0 Å². The monoisotopic (exact) mass is 614 g/mol. The average molecular weight is 615 g/mol. The summed E-state index contributed by atoms with van der Waals surface area (Å²) in [5.74, 6) is 3.19. The number of rotatable bonds is 9. The van der Waals surface area contributed by atoms with Crippen molar-refractivity contribution in [1.29, 1.82) is 0 Å². The molecule has 0 fully saturated rings. The van der Waals surface area contributed by atoms with Gasteiger partial charge in [0, 0.05) is 11.0 Å². The minimum atomic E-state index is -3.59. The molecule has 0 unspecified atom stereocenters. The van der Waals surface area contributed by atoms with Crippen LogP contribution < -0.4 is 9.47 Å². The molecule has 0 heterocycles. The minimum Gasteiger partial charge on any atom is -0.496 e. The van der Waals surface area contributed by atoms with Crippen molar-refractivity contribution >= 4 is 15.8 Å². The number of benzene rings is 4. The van der Waals surface area contributed by atoms with Crippen LogP contribution in [-0.4, -0.2) is 71.1 Å². The van der Waals surface area contributed by atoms with E-state index >= 15 is 0 Å². The van der Waals surface area contributed by atoms with Crippen LogP contribution in [0.15, 0.2) is 101 Å². The van der Waals surface area contributed by atoms with Gasteiger partial charge in [0.2, 0.25) is 9.84 Å². The van der Waals surface area contributed by atoms with E-state index in [-0.39, 0.29) is 15.2 Å². The zero-order valence-corrected chi connectivity index (χ0v) is 28.1. The highest BCUT2D eigenvalue weighted by atomic mass is 32.2.